The van der Waals surface area contributed by atoms with Crippen LogP contribution in [0.1, 0.15) is 17.2 Å². The number of hydrogen-bond acceptors (Lipinski definition) is 2. The third-order valence-electron chi connectivity index (χ3n) is 2.83. The summed E-state index contributed by atoms with van der Waals surface area (Å²) in [6, 6.07) is 11.9. The molecule has 0 radical (unpaired) electrons. The molecule has 2 aromatic carbocycles. The van der Waals surface area contributed by atoms with Gasteiger partial charge in [0.2, 0.25) is 0 Å². The zero-order valence-electron chi connectivity index (χ0n) is 10.4. The lowest BCUT2D eigenvalue weighted by Crippen LogP contribution is -2.02. The van der Waals surface area contributed by atoms with Crippen LogP contribution in [0, 0.1) is 5.82 Å². The second-order valence-corrected chi connectivity index (χ2v) is 5.19. The van der Waals surface area contributed by atoms with Gasteiger partial charge in [0, 0.05) is 10.9 Å². The first kappa shape index (κ1) is 14.0. The van der Waals surface area contributed by atoms with E-state index in [2.05, 4.69) is 15.9 Å². The zero-order chi connectivity index (χ0) is 13.8. The van der Waals surface area contributed by atoms with Crippen molar-refractivity contribution in [2.45, 2.75) is 12.5 Å². The SMILES string of the molecule is COc1cccc(CC(O)c2cc(F)cc(Br)c2)c1. The Bertz CT molecular complexity index is 552. The largest absolute Gasteiger partial charge is 0.497 e. The average Bonchev–Trinajstić information content (AvgIpc) is 2.37. The van der Waals surface area contributed by atoms with Gasteiger partial charge in [0.25, 0.3) is 0 Å². The van der Waals surface area contributed by atoms with E-state index in [0.29, 0.717) is 16.5 Å². The maximum absolute atomic E-state index is 13.3. The Labute approximate surface area is 120 Å². The summed E-state index contributed by atoms with van der Waals surface area (Å²) >= 11 is 3.22. The van der Waals surface area contributed by atoms with Crippen LogP contribution in [0.3, 0.4) is 0 Å². The van der Waals surface area contributed by atoms with E-state index in [1.165, 1.54) is 12.1 Å². The number of ether oxygens (including phenoxy) is 1. The first-order chi connectivity index (χ1) is 9.08. The normalized spacial score (nSPS) is 12.2. The molecular formula is C15H14BrFO2. The molecule has 2 aromatic rings. The van der Waals surface area contributed by atoms with E-state index in [1.54, 1.807) is 13.2 Å². The van der Waals surface area contributed by atoms with Crippen LogP contribution in [0.15, 0.2) is 46.9 Å². The summed E-state index contributed by atoms with van der Waals surface area (Å²) in [7, 11) is 1.60. The molecule has 0 bridgehead atoms. The predicted octanol–water partition coefficient (Wildman–Crippen LogP) is 3.87. The molecule has 2 nitrogen and oxygen atoms in total. The topological polar surface area (TPSA) is 29.5 Å². The molecule has 1 N–H and O–H groups in total. The van der Waals surface area contributed by atoms with E-state index in [9.17, 15) is 9.50 Å². The van der Waals surface area contributed by atoms with Crippen LogP contribution in [0.4, 0.5) is 4.39 Å². The summed E-state index contributed by atoms with van der Waals surface area (Å²) in [5.41, 5.74) is 1.49. The van der Waals surface area contributed by atoms with Gasteiger partial charge < -0.3 is 9.84 Å². The molecule has 0 aliphatic heterocycles. The highest BCUT2D eigenvalue weighted by molar-refractivity contribution is 9.10. The molecule has 0 aliphatic rings. The maximum Gasteiger partial charge on any atom is 0.124 e. The summed E-state index contributed by atoms with van der Waals surface area (Å²) in [6.45, 7) is 0. The van der Waals surface area contributed by atoms with Gasteiger partial charge in [-0.2, -0.15) is 0 Å². The molecule has 0 saturated heterocycles. The van der Waals surface area contributed by atoms with E-state index in [-0.39, 0.29) is 5.82 Å². The van der Waals surface area contributed by atoms with Crippen LogP contribution >= 0.6 is 15.9 Å². The molecule has 19 heavy (non-hydrogen) atoms. The van der Waals surface area contributed by atoms with E-state index in [1.807, 2.05) is 24.3 Å². The summed E-state index contributed by atoms with van der Waals surface area (Å²) in [5, 5.41) is 10.2. The minimum atomic E-state index is -0.751. The Morgan fingerprint density at radius 3 is 2.74 bits per heavy atom. The molecule has 1 unspecified atom stereocenters. The van der Waals surface area contributed by atoms with Crippen LogP contribution < -0.4 is 4.74 Å². The Balaban J connectivity index is 2.17. The molecule has 0 aromatic heterocycles. The molecule has 0 spiro atoms. The molecule has 0 aliphatic carbocycles. The van der Waals surface area contributed by atoms with E-state index in [0.717, 1.165) is 11.3 Å². The number of hydrogen-bond donors (Lipinski definition) is 1. The van der Waals surface area contributed by atoms with Crippen molar-refractivity contribution < 1.29 is 14.2 Å². The number of methoxy groups -OCH3 is 1. The van der Waals surface area contributed by atoms with Gasteiger partial charge in [0.1, 0.15) is 11.6 Å². The fourth-order valence-corrected chi connectivity index (χ4v) is 2.39. The van der Waals surface area contributed by atoms with Gasteiger partial charge in [-0.1, -0.05) is 28.1 Å². The Morgan fingerprint density at radius 1 is 1.26 bits per heavy atom. The lowest BCUT2D eigenvalue weighted by Gasteiger charge is -2.12. The maximum atomic E-state index is 13.3. The lowest BCUT2D eigenvalue weighted by atomic mass is 10.0. The van der Waals surface area contributed by atoms with Crippen molar-refractivity contribution in [3.05, 3.63) is 63.9 Å². The Hall–Kier alpha value is -1.39. The van der Waals surface area contributed by atoms with Gasteiger partial charge in [-0.3, -0.25) is 0 Å². The first-order valence-electron chi connectivity index (χ1n) is 5.85. The minimum absolute atomic E-state index is 0.367. The van der Waals surface area contributed by atoms with Crippen LogP contribution in [0.2, 0.25) is 0 Å². The second-order valence-electron chi connectivity index (χ2n) is 4.27. The fourth-order valence-electron chi connectivity index (χ4n) is 1.91. The Morgan fingerprint density at radius 2 is 2.05 bits per heavy atom. The highest BCUT2D eigenvalue weighted by Gasteiger charge is 2.11. The molecule has 4 heteroatoms. The second kappa shape index (κ2) is 6.17. The van der Waals surface area contributed by atoms with Crippen molar-refractivity contribution >= 4 is 15.9 Å². The smallest absolute Gasteiger partial charge is 0.124 e. The van der Waals surface area contributed by atoms with Crippen LogP contribution in [0.25, 0.3) is 0 Å². The first-order valence-corrected chi connectivity index (χ1v) is 6.65. The van der Waals surface area contributed by atoms with Crippen molar-refractivity contribution in [3.63, 3.8) is 0 Å². The average molecular weight is 325 g/mol. The van der Waals surface area contributed by atoms with Crippen LogP contribution in [-0.4, -0.2) is 12.2 Å². The molecular weight excluding hydrogens is 311 g/mol. The monoisotopic (exact) mass is 324 g/mol. The van der Waals surface area contributed by atoms with Gasteiger partial charge in [-0.05, 0) is 41.5 Å². The lowest BCUT2D eigenvalue weighted by molar-refractivity contribution is 0.178. The summed E-state index contributed by atoms with van der Waals surface area (Å²) in [5.74, 6) is 0.374. The van der Waals surface area contributed by atoms with Gasteiger partial charge >= 0.3 is 0 Å². The predicted molar refractivity (Wildman–Crippen MR) is 75.8 cm³/mol. The molecule has 2 rings (SSSR count). The van der Waals surface area contributed by atoms with E-state index < -0.39 is 6.10 Å². The van der Waals surface area contributed by atoms with Crippen molar-refractivity contribution in [3.8, 4) is 5.75 Å². The van der Waals surface area contributed by atoms with E-state index >= 15 is 0 Å². The van der Waals surface area contributed by atoms with Gasteiger partial charge in [0.15, 0.2) is 0 Å². The van der Waals surface area contributed by atoms with Gasteiger partial charge in [0.05, 0.1) is 13.2 Å². The van der Waals surface area contributed by atoms with Crippen molar-refractivity contribution in [1.29, 1.82) is 0 Å². The number of aliphatic hydroxyl groups is 1. The van der Waals surface area contributed by atoms with Crippen molar-refractivity contribution in [2.24, 2.45) is 0 Å². The number of aliphatic hydroxyl groups excluding tert-OH is 1. The number of rotatable bonds is 4. The molecule has 0 saturated carbocycles. The minimum Gasteiger partial charge on any atom is -0.497 e. The molecule has 0 amide bonds. The zero-order valence-corrected chi connectivity index (χ0v) is 12.0. The summed E-state index contributed by atoms with van der Waals surface area (Å²) in [6.07, 6.45) is -0.341. The summed E-state index contributed by atoms with van der Waals surface area (Å²) < 4.78 is 19.0. The highest BCUT2D eigenvalue weighted by atomic mass is 79.9. The number of halogens is 2. The molecule has 1 atom stereocenters. The van der Waals surface area contributed by atoms with Gasteiger partial charge in [-0.15, -0.1) is 0 Å². The quantitative estimate of drug-likeness (QED) is 0.925. The standard InChI is InChI=1S/C15H14BrFO2/c1-19-14-4-2-3-10(5-14)6-15(18)11-7-12(16)9-13(17)8-11/h2-5,7-9,15,18H,6H2,1H3. The third kappa shape index (κ3) is 3.78. The fraction of sp³-hybridized carbons (Fsp3) is 0.200. The van der Waals surface area contributed by atoms with Crippen LogP contribution in [0.5, 0.6) is 5.75 Å². The van der Waals surface area contributed by atoms with Crippen molar-refractivity contribution in [2.75, 3.05) is 7.11 Å². The Kier molecular flexibility index (Phi) is 4.56. The summed E-state index contributed by atoms with van der Waals surface area (Å²) in [4.78, 5) is 0. The van der Waals surface area contributed by atoms with Crippen molar-refractivity contribution in [1.82, 2.24) is 0 Å². The van der Waals surface area contributed by atoms with Crippen LogP contribution in [-0.2, 0) is 6.42 Å². The number of benzene rings is 2. The van der Waals surface area contributed by atoms with Gasteiger partial charge in [-0.25, -0.2) is 4.39 Å². The third-order valence-corrected chi connectivity index (χ3v) is 3.29. The van der Waals surface area contributed by atoms with E-state index in [4.69, 9.17) is 4.74 Å². The highest BCUT2D eigenvalue weighted by Crippen LogP contribution is 2.24. The molecule has 0 heterocycles. The molecule has 0 fully saturated rings. The molecule has 100 valence electrons.